The second-order valence-corrected chi connectivity index (χ2v) is 5.59. The highest BCUT2D eigenvalue weighted by atomic mass is 16.5. The van der Waals surface area contributed by atoms with Crippen LogP contribution in [0.15, 0.2) is 48.5 Å². The van der Waals surface area contributed by atoms with Gasteiger partial charge in [0, 0.05) is 5.39 Å². The van der Waals surface area contributed by atoms with E-state index in [1.807, 2.05) is 43.3 Å². The molecule has 0 unspecified atom stereocenters. The molecule has 1 N–H and O–H groups in total. The van der Waals surface area contributed by atoms with Crippen molar-refractivity contribution in [1.82, 2.24) is 0 Å². The number of hydrogen-bond donors (Lipinski definition) is 1. The highest BCUT2D eigenvalue weighted by molar-refractivity contribution is 6.05. The summed E-state index contributed by atoms with van der Waals surface area (Å²) in [6.45, 7) is 2.02. The van der Waals surface area contributed by atoms with E-state index in [0.717, 1.165) is 22.1 Å². The lowest BCUT2D eigenvalue weighted by molar-refractivity contribution is 0.0697. The molecule has 3 rings (SSSR count). The molecule has 0 aliphatic heterocycles. The molecule has 3 aromatic carbocycles. The molecule has 0 atom stereocenters. The average Bonchev–Trinajstić information content (AvgIpc) is 2.60. The van der Waals surface area contributed by atoms with Crippen LogP contribution in [0.2, 0.25) is 0 Å². The van der Waals surface area contributed by atoms with Gasteiger partial charge in [0.2, 0.25) is 0 Å². The first-order valence-corrected chi connectivity index (χ1v) is 7.54. The Kier molecular flexibility index (Phi) is 4.13. The van der Waals surface area contributed by atoms with Crippen LogP contribution in [-0.2, 0) is 0 Å². The maximum atomic E-state index is 11.6. The number of methoxy groups -OCH3 is 2. The van der Waals surface area contributed by atoms with Gasteiger partial charge >= 0.3 is 5.97 Å². The number of hydrogen-bond acceptors (Lipinski definition) is 3. The zero-order valence-corrected chi connectivity index (χ0v) is 13.8. The molecule has 24 heavy (non-hydrogen) atoms. The summed E-state index contributed by atoms with van der Waals surface area (Å²) >= 11 is 0. The van der Waals surface area contributed by atoms with Crippen LogP contribution < -0.4 is 9.47 Å². The molecular formula is C20H18O4. The molecule has 0 heterocycles. The van der Waals surface area contributed by atoms with Gasteiger partial charge in [-0.2, -0.15) is 0 Å². The summed E-state index contributed by atoms with van der Waals surface area (Å²) in [5.41, 5.74) is 3.17. The van der Waals surface area contributed by atoms with Crippen LogP contribution in [0, 0.1) is 6.92 Å². The maximum absolute atomic E-state index is 11.6. The maximum Gasteiger partial charge on any atom is 0.335 e. The average molecular weight is 322 g/mol. The van der Waals surface area contributed by atoms with E-state index in [1.165, 1.54) is 0 Å². The van der Waals surface area contributed by atoms with Crippen LogP contribution in [0.5, 0.6) is 11.5 Å². The number of aromatic carboxylic acids is 1. The first-order chi connectivity index (χ1) is 11.5. The van der Waals surface area contributed by atoms with Gasteiger partial charge in [0.05, 0.1) is 19.8 Å². The normalized spacial score (nSPS) is 10.6. The second-order valence-electron chi connectivity index (χ2n) is 5.59. The van der Waals surface area contributed by atoms with Crippen molar-refractivity contribution < 1.29 is 19.4 Å². The molecular weight excluding hydrogens is 304 g/mol. The van der Waals surface area contributed by atoms with E-state index in [0.29, 0.717) is 16.9 Å². The summed E-state index contributed by atoms with van der Waals surface area (Å²) in [4.78, 5) is 11.6. The van der Waals surface area contributed by atoms with Crippen molar-refractivity contribution in [2.75, 3.05) is 14.2 Å². The van der Waals surface area contributed by atoms with Gasteiger partial charge in [-0.15, -0.1) is 0 Å². The van der Waals surface area contributed by atoms with Crippen molar-refractivity contribution in [3.8, 4) is 22.6 Å². The molecule has 0 radical (unpaired) electrons. The third-order valence-corrected chi connectivity index (χ3v) is 4.08. The van der Waals surface area contributed by atoms with Crippen molar-refractivity contribution in [3.05, 3.63) is 59.7 Å². The molecule has 0 aliphatic rings. The Bertz CT molecular complexity index is 911. The van der Waals surface area contributed by atoms with Crippen LogP contribution in [-0.4, -0.2) is 25.3 Å². The fourth-order valence-corrected chi connectivity index (χ4v) is 2.85. The zero-order valence-electron chi connectivity index (χ0n) is 13.8. The fraction of sp³-hybridized carbons (Fsp3) is 0.150. The van der Waals surface area contributed by atoms with Gasteiger partial charge in [-0.05, 0) is 47.7 Å². The van der Waals surface area contributed by atoms with E-state index < -0.39 is 5.97 Å². The second kappa shape index (κ2) is 6.24. The number of benzene rings is 3. The molecule has 0 fully saturated rings. The number of fused-ring (bicyclic) bond motifs is 1. The highest BCUT2D eigenvalue weighted by Gasteiger charge is 2.16. The van der Waals surface area contributed by atoms with E-state index in [1.54, 1.807) is 26.4 Å². The summed E-state index contributed by atoms with van der Waals surface area (Å²) in [6.07, 6.45) is 0. The number of ether oxygens (including phenoxy) is 2. The van der Waals surface area contributed by atoms with Crippen molar-refractivity contribution in [1.29, 1.82) is 0 Å². The molecule has 0 spiro atoms. The van der Waals surface area contributed by atoms with Crippen molar-refractivity contribution in [2.45, 2.75) is 6.92 Å². The Labute approximate surface area is 140 Å². The molecule has 122 valence electrons. The largest absolute Gasteiger partial charge is 0.493 e. The highest BCUT2D eigenvalue weighted by Crippen LogP contribution is 2.40. The SMILES string of the molecule is COc1ccc2c(-c3ccc(C)cc3)cc(C(=O)O)cc2c1OC. The topological polar surface area (TPSA) is 55.8 Å². The minimum atomic E-state index is -0.977. The lowest BCUT2D eigenvalue weighted by Gasteiger charge is -2.15. The van der Waals surface area contributed by atoms with Gasteiger partial charge in [-0.1, -0.05) is 29.8 Å². The number of carboxylic acid groups (broad SMARTS) is 1. The summed E-state index contributed by atoms with van der Waals surface area (Å²) in [5.74, 6) is 0.129. The smallest absolute Gasteiger partial charge is 0.335 e. The van der Waals surface area contributed by atoms with Crippen LogP contribution in [0.3, 0.4) is 0 Å². The van der Waals surface area contributed by atoms with Gasteiger partial charge in [-0.3, -0.25) is 0 Å². The van der Waals surface area contributed by atoms with Gasteiger partial charge < -0.3 is 14.6 Å². The van der Waals surface area contributed by atoms with Crippen molar-refractivity contribution in [2.24, 2.45) is 0 Å². The summed E-state index contributed by atoms with van der Waals surface area (Å²) in [7, 11) is 3.11. The van der Waals surface area contributed by atoms with Gasteiger partial charge in [-0.25, -0.2) is 4.79 Å². The monoisotopic (exact) mass is 322 g/mol. The Morgan fingerprint density at radius 3 is 2.21 bits per heavy atom. The Hall–Kier alpha value is -3.01. The third kappa shape index (κ3) is 2.67. The van der Waals surface area contributed by atoms with E-state index in [-0.39, 0.29) is 5.56 Å². The van der Waals surface area contributed by atoms with Crippen LogP contribution in [0.25, 0.3) is 21.9 Å². The molecule has 0 amide bonds. The molecule has 0 saturated carbocycles. The van der Waals surface area contributed by atoms with E-state index in [9.17, 15) is 9.90 Å². The van der Waals surface area contributed by atoms with Crippen LogP contribution in [0.4, 0.5) is 0 Å². The molecule has 0 bridgehead atoms. The Morgan fingerprint density at radius 2 is 1.62 bits per heavy atom. The van der Waals surface area contributed by atoms with Gasteiger partial charge in [0.15, 0.2) is 11.5 Å². The molecule has 4 nitrogen and oxygen atoms in total. The lowest BCUT2D eigenvalue weighted by atomic mass is 9.94. The molecule has 0 aromatic heterocycles. The minimum absolute atomic E-state index is 0.213. The van der Waals surface area contributed by atoms with E-state index in [4.69, 9.17) is 9.47 Å². The van der Waals surface area contributed by atoms with E-state index >= 15 is 0 Å². The molecule has 0 aliphatic carbocycles. The Balaban J connectivity index is 2.39. The van der Waals surface area contributed by atoms with E-state index in [2.05, 4.69) is 0 Å². The number of aryl methyl sites for hydroxylation is 1. The van der Waals surface area contributed by atoms with Crippen LogP contribution in [0.1, 0.15) is 15.9 Å². The van der Waals surface area contributed by atoms with Gasteiger partial charge in [0.25, 0.3) is 0 Å². The van der Waals surface area contributed by atoms with Crippen molar-refractivity contribution >= 4 is 16.7 Å². The standard InChI is InChI=1S/C20H18O4/c1-12-4-6-13(7-5-12)16-10-14(20(21)22)11-17-15(16)8-9-18(23-2)19(17)24-3/h4-11H,1-3H3,(H,21,22). The first kappa shape index (κ1) is 15.9. The van der Waals surface area contributed by atoms with Crippen LogP contribution >= 0.6 is 0 Å². The number of carbonyl (C=O) groups is 1. The summed E-state index contributed by atoms with van der Waals surface area (Å²) in [5, 5.41) is 11.1. The number of rotatable bonds is 4. The third-order valence-electron chi connectivity index (χ3n) is 4.08. The lowest BCUT2D eigenvalue weighted by Crippen LogP contribution is -1.99. The minimum Gasteiger partial charge on any atom is -0.493 e. The molecule has 3 aromatic rings. The predicted molar refractivity (Wildman–Crippen MR) is 94.2 cm³/mol. The zero-order chi connectivity index (χ0) is 17.3. The molecule has 4 heteroatoms. The quantitative estimate of drug-likeness (QED) is 0.766. The summed E-state index contributed by atoms with van der Waals surface area (Å²) in [6, 6.07) is 15.1. The summed E-state index contributed by atoms with van der Waals surface area (Å²) < 4.78 is 10.8. The first-order valence-electron chi connectivity index (χ1n) is 7.54. The Morgan fingerprint density at radius 1 is 0.917 bits per heavy atom. The number of carboxylic acids is 1. The fourth-order valence-electron chi connectivity index (χ4n) is 2.85. The predicted octanol–water partition coefficient (Wildman–Crippen LogP) is 4.53. The van der Waals surface area contributed by atoms with Gasteiger partial charge in [0.1, 0.15) is 0 Å². The van der Waals surface area contributed by atoms with Crippen molar-refractivity contribution in [3.63, 3.8) is 0 Å². The molecule has 0 saturated heterocycles.